The van der Waals surface area contributed by atoms with Gasteiger partial charge in [-0.25, -0.2) is 0 Å². The van der Waals surface area contributed by atoms with Gasteiger partial charge in [0.1, 0.15) is 0 Å². The molecule has 1 aliphatic heterocycles. The number of ether oxygens (including phenoxy) is 1. The first-order valence-corrected chi connectivity index (χ1v) is 7.04. The van der Waals surface area contributed by atoms with E-state index >= 15 is 0 Å². The smallest absolute Gasteiger partial charge is 0.232 e. The van der Waals surface area contributed by atoms with E-state index in [1.807, 2.05) is 11.8 Å². The first-order valence-electron chi connectivity index (χ1n) is 7.04. The number of amides is 1. The van der Waals surface area contributed by atoms with Gasteiger partial charge in [0.25, 0.3) is 0 Å². The lowest BCUT2D eigenvalue weighted by atomic mass is 10.4. The van der Waals surface area contributed by atoms with Crippen molar-refractivity contribution >= 4 is 23.8 Å². The summed E-state index contributed by atoms with van der Waals surface area (Å²) in [6, 6.07) is 0. The lowest BCUT2D eigenvalue weighted by Crippen LogP contribution is -2.37. The molecule has 0 radical (unpaired) electrons. The summed E-state index contributed by atoms with van der Waals surface area (Å²) in [6.45, 7) is 5.89. The minimum absolute atomic E-state index is 0.231. The van der Waals surface area contributed by atoms with Crippen molar-refractivity contribution in [2.24, 2.45) is 5.73 Å². The summed E-state index contributed by atoms with van der Waals surface area (Å²) in [4.78, 5) is 25.9. The summed E-state index contributed by atoms with van der Waals surface area (Å²) in [5.41, 5.74) is 5.11. The van der Waals surface area contributed by atoms with Crippen LogP contribution in [0.2, 0.25) is 0 Å². The van der Waals surface area contributed by atoms with E-state index in [4.69, 9.17) is 10.5 Å². The zero-order valence-electron chi connectivity index (χ0n) is 12.1. The zero-order valence-corrected chi connectivity index (χ0v) is 12.1. The quantitative estimate of drug-likeness (QED) is 0.612. The van der Waals surface area contributed by atoms with Crippen LogP contribution in [0, 0.1) is 0 Å². The Hall–Kier alpha value is -2.16. The van der Waals surface area contributed by atoms with Crippen molar-refractivity contribution in [3.8, 4) is 0 Å². The summed E-state index contributed by atoms with van der Waals surface area (Å²) in [5.74, 6) is 1.18. The minimum atomic E-state index is -0.364. The Morgan fingerprint density at radius 2 is 1.90 bits per heavy atom. The van der Waals surface area contributed by atoms with Crippen molar-refractivity contribution in [1.29, 1.82) is 0 Å². The number of nitrogens with two attached hydrogens (primary N) is 1. The van der Waals surface area contributed by atoms with Crippen molar-refractivity contribution in [1.82, 2.24) is 15.0 Å². The van der Waals surface area contributed by atoms with Crippen molar-refractivity contribution in [2.75, 3.05) is 54.9 Å². The molecule has 0 saturated carbocycles. The van der Waals surface area contributed by atoms with E-state index in [2.05, 4.69) is 25.6 Å². The van der Waals surface area contributed by atoms with Crippen LogP contribution in [0.4, 0.5) is 17.8 Å². The summed E-state index contributed by atoms with van der Waals surface area (Å²) in [5, 5.41) is 6.07. The van der Waals surface area contributed by atoms with E-state index in [-0.39, 0.29) is 12.3 Å². The Bertz CT molecular complexity index is 477. The standard InChI is InChI=1S/C12H21N7O2/c1-2-14-10-16-11(15-4-3-9(13)20)18-12(17-10)19-5-7-21-8-6-19/h2-8H2,1H3,(H2,13,20)(H2,14,15,16,17,18). The Kier molecular flexibility index (Phi) is 5.50. The second kappa shape index (κ2) is 7.58. The highest BCUT2D eigenvalue weighted by Gasteiger charge is 2.16. The minimum Gasteiger partial charge on any atom is -0.378 e. The summed E-state index contributed by atoms with van der Waals surface area (Å²) in [7, 11) is 0. The molecule has 9 heteroatoms. The molecule has 1 aliphatic rings. The number of hydrogen-bond donors (Lipinski definition) is 3. The number of morpholine rings is 1. The van der Waals surface area contributed by atoms with E-state index in [9.17, 15) is 4.79 Å². The highest BCUT2D eigenvalue weighted by atomic mass is 16.5. The number of rotatable bonds is 7. The normalized spacial score (nSPS) is 14.8. The molecule has 2 rings (SSSR count). The van der Waals surface area contributed by atoms with E-state index in [1.54, 1.807) is 0 Å². The molecule has 1 amide bonds. The van der Waals surface area contributed by atoms with Gasteiger partial charge < -0.3 is 26.0 Å². The fourth-order valence-corrected chi connectivity index (χ4v) is 1.88. The van der Waals surface area contributed by atoms with Gasteiger partial charge >= 0.3 is 0 Å². The predicted octanol–water partition coefficient (Wildman–Crippen LogP) is -0.573. The molecule has 1 aromatic heterocycles. The van der Waals surface area contributed by atoms with Crippen LogP contribution in [0.25, 0.3) is 0 Å². The average molecular weight is 295 g/mol. The van der Waals surface area contributed by atoms with Gasteiger partial charge in [-0.3, -0.25) is 4.79 Å². The Morgan fingerprint density at radius 1 is 1.24 bits per heavy atom. The Labute approximate surface area is 123 Å². The average Bonchev–Trinajstić information content (AvgIpc) is 2.48. The third-order valence-corrected chi connectivity index (χ3v) is 2.91. The SMILES string of the molecule is CCNc1nc(NCCC(N)=O)nc(N2CCOCC2)n1. The van der Waals surface area contributed by atoms with Crippen LogP contribution in [0.5, 0.6) is 0 Å². The van der Waals surface area contributed by atoms with Gasteiger partial charge in [-0.1, -0.05) is 0 Å². The van der Waals surface area contributed by atoms with Crippen LogP contribution >= 0.6 is 0 Å². The fourth-order valence-electron chi connectivity index (χ4n) is 1.88. The molecule has 9 nitrogen and oxygen atoms in total. The highest BCUT2D eigenvalue weighted by molar-refractivity contribution is 5.74. The van der Waals surface area contributed by atoms with E-state index in [0.29, 0.717) is 44.1 Å². The molecule has 2 heterocycles. The fraction of sp³-hybridized carbons (Fsp3) is 0.667. The molecule has 1 aromatic rings. The number of hydrogen-bond acceptors (Lipinski definition) is 8. The number of aromatic nitrogens is 3. The molecule has 0 spiro atoms. The van der Waals surface area contributed by atoms with E-state index in [1.165, 1.54) is 0 Å². The van der Waals surface area contributed by atoms with Gasteiger partial charge in [0, 0.05) is 32.6 Å². The van der Waals surface area contributed by atoms with Crippen molar-refractivity contribution in [3.63, 3.8) is 0 Å². The molecule has 0 unspecified atom stereocenters. The maximum atomic E-state index is 10.8. The second-order valence-corrected chi connectivity index (χ2v) is 4.56. The summed E-state index contributed by atoms with van der Waals surface area (Å²) >= 11 is 0. The number of nitrogens with one attached hydrogen (secondary N) is 2. The zero-order chi connectivity index (χ0) is 15.1. The highest BCUT2D eigenvalue weighted by Crippen LogP contribution is 2.14. The predicted molar refractivity (Wildman–Crippen MR) is 79.3 cm³/mol. The first kappa shape index (κ1) is 15.2. The number of carbonyl (C=O) groups is 1. The number of nitrogens with zero attached hydrogens (tertiary/aromatic N) is 4. The van der Waals surface area contributed by atoms with Gasteiger partial charge in [0.05, 0.1) is 13.2 Å². The maximum absolute atomic E-state index is 10.8. The molecule has 1 fully saturated rings. The Balaban J connectivity index is 2.10. The number of primary amides is 1. The molecular weight excluding hydrogens is 274 g/mol. The summed E-state index contributed by atoms with van der Waals surface area (Å²) in [6.07, 6.45) is 0.231. The van der Waals surface area contributed by atoms with Gasteiger partial charge in [0.15, 0.2) is 0 Å². The lowest BCUT2D eigenvalue weighted by Gasteiger charge is -2.27. The van der Waals surface area contributed by atoms with Gasteiger partial charge in [-0.15, -0.1) is 0 Å². The Morgan fingerprint density at radius 3 is 2.52 bits per heavy atom. The maximum Gasteiger partial charge on any atom is 0.232 e. The molecule has 1 saturated heterocycles. The summed E-state index contributed by atoms with van der Waals surface area (Å²) < 4.78 is 5.32. The third kappa shape index (κ3) is 4.71. The van der Waals surface area contributed by atoms with Crippen molar-refractivity contribution in [2.45, 2.75) is 13.3 Å². The van der Waals surface area contributed by atoms with Crippen LogP contribution in [-0.4, -0.2) is 60.3 Å². The monoisotopic (exact) mass is 295 g/mol. The lowest BCUT2D eigenvalue weighted by molar-refractivity contribution is -0.117. The van der Waals surface area contributed by atoms with Gasteiger partial charge in [-0.2, -0.15) is 15.0 Å². The molecule has 4 N–H and O–H groups in total. The van der Waals surface area contributed by atoms with E-state index in [0.717, 1.165) is 13.1 Å². The van der Waals surface area contributed by atoms with Crippen LogP contribution in [0.3, 0.4) is 0 Å². The first-order chi connectivity index (χ1) is 10.2. The van der Waals surface area contributed by atoms with Crippen molar-refractivity contribution in [3.05, 3.63) is 0 Å². The third-order valence-electron chi connectivity index (χ3n) is 2.91. The molecule has 0 aromatic carbocycles. The second-order valence-electron chi connectivity index (χ2n) is 4.56. The topological polar surface area (TPSA) is 118 Å². The number of carbonyl (C=O) groups excluding carboxylic acids is 1. The molecule has 21 heavy (non-hydrogen) atoms. The molecular formula is C12H21N7O2. The number of anilines is 3. The van der Waals surface area contributed by atoms with Crippen LogP contribution in [-0.2, 0) is 9.53 Å². The molecule has 0 aliphatic carbocycles. The van der Waals surface area contributed by atoms with E-state index < -0.39 is 0 Å². The van der Waals surface area contributed by atoms with Crippen LogP contribution in [0.15, 0.2) is 0 Å². The van der Waals surface area contributed by atoms with Crippen LogP contribution < -0.4 is 21.3 Å². The van der Waals surface area contributed by atoms with Crippen LogP contribution in [0.1, 0.15) is 13.3 Å². The van der Waals surface area contributed by atoms with Gasteiger partial charge in [0.2, 0.25) is 23.8 Å². The van der Waals surface area contributed by atoms with Crippen molar-refractivity contribution < 1.29 is 9.53 Å². The largest absolute Gasteiger partial charge is 0.378 e. The van der Waals surface area contributed by atoms with Gasteiger partial charge in [-0.05, 0) is 6.92 Å². The molecule has 116 valence electrons. The molecule has 0 atom stereocenters. The molecule has 0 bridgehead atoms.